The lowest BCUT2D eigenvalue weighted by atomic mass is 10.1. The van der Waals surface area contributed by atoms with Crippen molar-refractivity contribution in [3.8, 4) is 11.5 Å². The molecule has 148 valence electrons. The maximum atomic E-state index is 12.0. The Kier molecular flexibility index (Phi) is 6.80. The fourth-order valence-electron chi connectivity index (χ4n) is 2.40. The fraction of sp³-hybridized carbons (Fsp3) is 0.0952. The summed E-state index contributed by atoms with van der Waals surface area (Å²) in [7, 11) is 1.46. The van der Waals surface area contributed by atoms with Crippen molar-refractivity contribution >= 4 is 34.0 Å². The van der Waals surface area contributed by atoms with Crippen LogP contribution >= 0.6 is 15.9 Å². The summed E-state index contributed by atoms with van der Waals surface area (Å²) in [5.41, 5.74) is 4.01. The van der Waals surface area contributed by atoms with Crippen molar-refractivity contribution in [1.29, 1.82) is 0 Å². The molecule has 0 radical (unpaired) electrons. The van der Waals surface area contributed by atoms with Crippen LogP contribution in [-0.2, 0) is 11.2 Å². The van der Waals surface area contributed by atoms with E-state index in [9.17, 15) is 9.59 Å². The highest BCUT2D eigenvalue weighted by molar-refractivity contribution is 9.10. The molecule has 0 fully saturated rings. The Morgan fingerprint density at radius 1 is 1.14 bits per heavy atom. The number of hydrogen-bond donors (Lipinski definition) is 1. The number of esters is 1. The van der Waals surface area contributed by atoms with Gasteiger partial charge in [0, 0.05) is 4.47 Å². The summed E-state index contributed by atoms with van der Waals surface area (Å²) < 4.78 is 16.5. The third kappa shape index (κ3) is 5.79. The van der Waals surface area contributed by atoms with E-state index >= 15 is 0 Å². The number of hydrogen-bond acceptors (Lipinski definition) is 6. The molecule has 0 aliphatic carbocycles. The lowest BCUT2D eigenvalue weighted by molar-refractivity contribution is -0.120. The first-order valence-electron chi connectivity index (χ1n) is 8.55. The van der Waals surface area contributed by atoms with Gasteiger partial charge in [0.25, 0.3) is 0 Å². The summed E-state index contributed by atoms with van der Waals surface area (Å²) in [6.07, 6.45) is 3.08. The van der Waals surface area contributed by atoms with Crippen LogP contribution in [0.2, 0.25) is 0 Å². The van der Waals surface area contributed by atoms with Crippen LogP contribution in [0.4, 0.5) is 0 Å². The second-order valence-corrected chi connectivity index (χ2v) is 6.79. The number of rotatable bonds is 7. The highest BCUT2D eigenvalue weighted by Crippen LogP contribution is 2.28. The van der Waals surface area contributed by atoms with Gasteiger partial charge in [0.1, 0.15) is 0 Å². The highest BCUT2D eigenvalue weighted by atomic mass is 79.9. The lowest BCUT2D eigenvalue weighted by Crippen LogP contribution is -2.19. The molecule has 0 aliphatic heterocycles. The molecule has 0 saturated carbocycles. The molecule has 0 unspecified atom stereocenters. The Morgan fingerprint density at radius 2 is 1.93 bits per heavy atom. The third-order valence-corrected chi connectivity index (χ3v) is 4.32. The molecule has 0 atom stereocenters. The summed E-state index contributed by atoms with van der Waals surface area (Å²) in [4.78, 5) is 24.0. The van der Waals surface area contributed by atoms with Gasteiger partial charge < -0.3 is 13.9 Å². The molecule has 1 amide bonds. The molecule has 1 N–H and O–H groups in total. The minimum atomic E-state index is -0.630. The normalized spacial score (nSPS) is 10.7. The maximum Gasteiger partial charge on any atom is 0.379 e. The molecule has 3 rings (SSSR count). The van der Waals surface area contributed by atoms with Gasteiger partial charge in [-0.2, -0.15) is 5.10 Å². The van der Waals surface area contributed by atoms with E-state index in [1.165, 1.54) is 25.7 Å². The largest absolute Gasteiger partial charge is 0.493 e. The average Bonchev–Trinajstić information content (AvgIpc) is 3.26. The Hall–Kier alpha value is -3.39. The van der Waals surface area contributed by atoms with Crippen molar-refractivity contribution in [3.63, 3.8) is 0 Å². The highest BCUT2D eigenvalue weighted by Gasteiger charge is 2.14. The quantitative estimate of drug-likeness (QED) is 0.251. The number of nitrogens with zero attached hydrogens (tertiary/aromatic N) is 1. The monoisotopic (exact) mass is 456 g/mol. The molecule has 29 heavy (non-hydrogen) atoms. The van der Waals surface area contributed by atoms with Crippen LogP contribution in [0.25, 0.3) is 0 Å². The van der Waals surface area contributed by atoms with Crippen molar-refractivity contribution in [2.24, 2.45) is 5.10 Å². The van der Waals surface area contributed by atoms with Crippen molar-refractivity contribution < 1.29 is 23.5 Å². The molecule has 1 aromatic heterocycles. The van der Waals surface area contributed by atoms with E-state index in [1.807, 2.05) is 24.3 Å². The van der Waals surface area contributed by atoms with Crippen molar-refractivity contribution in [3.05, 3.63) is 82.2 Å². The zero-order chi connectivity index (χ0) is 20.6. The summed E-state index contributed by atoms with van der Waals surface area (Å²) in [6, 6.07) is 15.5. The van der Waals surface area contributed by atoms with Crippen LogP contribution in [0.1, 0.15) is 21.7 Å². The Balaban J connectivity index is 1.59. The van der Waals surface area contributed by atoms with Gasteiger partial charge in [-0.15, -0.1) is 0 Å². The van der Waals surface area contributed by atoms with E-state index < -0.39 is 5.97 Å². The average molecular weight is 457 g/mol. The molecule has 0 bridgehead atoms. The smallest absolute Gasteiger partial charge is 0.379 e. The Bertz CT molecular complexity index is 1010. The number of amides is 1. The number of benzene rings is 2. The van der Waals surface area contributed by atoms with Crippen LogP contribution in [0.15, 0.2) is 74.9 Å². The van der Waals surface area contributed by atoms with Crippen LogP contribution < -0.4 is 14.9 Å². The van der Waals surface area contributed by atoms with Gasteiger partial charge in [-0.1, -0.05) is 28.1 Å². The molecule has 8 heteroatoms. The maximum absolute atomic E-state index is 12.0. The molecule has 3 aromatic rings. The zero-order valence-electron chi connectivity index (χ0n) is 15.4. The molecular weight excluding hydrogens is 440 g/mol. The fourth-order valence-corrected chi connectivity index (χ4v) is 2.66. The summed E-state index contributed by atoms with van der Waals surface area (Å²) in [5, 5.41) is 3.95. The van der Waals surface area contributed by atoms with Crippen molar-refractivity contribution in [2.45, 2.75) is 6.42 Å². The molecule has 0 aliphatic rings. The van der Waals surface area contributed by atoms with Gasteiger partial charge in [-0.3, -0.25) is 4.79 Å². The number of carbonyl (C=O) groups excluding carboxylic acids is 2. The minimum Gasteiger partial charge on any atom is -0.493 e. The molecule has 1 heterocycles. The first-order chi connectivity index (χ1) is 14.0. The van der Waals surface area contributed by atoms with Gasteiger partial charge in [-0.25, -0.2) is 10.2 Å². The lowest BCUT2D eigenvalue weighted by Gasteiger charge is -2.09. The summed E-state index contributed by atoms with van der Waals surface area (Å²) in [6.45, 7) is 0. The van der Waals surface area contributed by atoms with E-state index in [2.05, 4.69) is 26.5 Å². The zero-order valence-corrected chi connectivity index (χ0v) is 17.0. The Morgan fingerprint density at radius 3 is 2.62 bits per heavy atom. The third-order valence-electron chi connectivity index (χ3n) is 3.79. The number of nitrogens with one attached hydrogen (secondary N) is 1. The number of furan rings is 1. The predicted octanol–water partition coefficient (Wildman–Crippen LogP) is 3.96. The van der Waals surface area contributed by atoms with Gasteiger partial charge in [0.2, 0.25) is 11.7 Å². The summed E-state index contributed by atoms with van der Waals surface area (Å²) >= 11 is 3.35. The van der Waals surface area contributed by atoms with E-state index in [4.69, 9.17) is 13.9 Å². The number of ether oxygens (including phenoxy) is 2. The number of carbonyl (C=O) groups is 2. The Labute approximate surface area is 175 Å². The second-order valence-electron chi connectivity index (χ2n) is 5.87. The van der Waals surface area contributed by atoms with Crippen LogP contribution in [0, 0.1) is 0 Å². The number of halogens is 1. The van der Waals surface area contributed by atoms with Gasteiger partial charge in [-0.05, 0) is 53.6 Å². The van der Waals surface area contributed by atoms with E-state index in [0.29, 0.717) is 11.3 Å². The van der Waals surface area contributed by atoms with Crippen LogP contribution in [-0.4, -0.2) is 25.2 Å². The second kappa shape index (κ2) is 9.70. The van der Waals surface area contributed by atoms with E-state index in [0.717, 1.165) is 10.0 Å². The van der Waals surface area contributed by atoms with Crippen molar-refractivity contribution in [1.82, 2.24) is 5.43 Å². The SMILES string of the molecule is COc1cc(C=NNC(=O)Cc2ccc(Br)cc2)ccc1OC(=O)c1ccco1. The van der Waals surface area contributed by atoms with Gasteiger partial charge in [0.15, 0.2) is 11.5 Å². The topological polar surface area (TPSA) is 90.1 Å². The first-order valence-corrected chi connectivity index (χ1v) is 9.34. The number of hydrazone groups is 1. The van der Waals surface area contributed by atoms with Gasteiger partial charge in [0.05, 0.1) is 26.0 Å². The van der Waals surface area contributed by atoms with E-state index in [1.54, 1.807) is 24.3 Å². The van der Waals surface area contributed by atoms with Crippen molar-refractivity contribution in [2.75, 3.05) is 7.11 Å². The summed E-state index contributed by atoms with van der Waals surface area (Å²) in [5.74, 6) is -0.194. The van der Waals surface area contributed by atoms with Crippen LogP contribution in [0.5, 0.6) is 11.5 Å². The van der Waals surface area contributed by atoms with Crippen LogP contribution in [0.3, 0.4) is 0 Å². The standard InChI is InChI=1S/C21H17BrN2O5/c1-27-19-11-15(6-9-17(19)29-21(26)18-3-2-10-28-18)13-23-24-20(25)12-14-4-7-16(22)8-5-14/h2-11,13H,12H2,1H3,(H,24,25). The predicted molar refractivity (Wildman–Crippen MR) is 110 cm³/mol. The number of methoxy groups -OCH3 is 1. The minimum absolute atomic E-state index is 0.0891. The first kappa shape index (κ1) is 20.3. The van der Waals surface area contributed by atoms with E-state index in [-0.39, 0.29) is 23.8 Å². The molecule has 7 nitrogen and oxygen atoms in total. The molecule has 0 spiro atoms. The molecule has 2 aromatic carbocycles. The molecule has 0 saturated heterocycles. The van der Waals surface area contributed by atoms with Gasteiger partial charge >= 0.3 is 5.97 Å². The molecular formula is C21H17BrN2O5.